The summed E-state index contributed by atoms with van der Waals surface area (Å²) in [5.74, 6) is 0.149. The van der Waals surface area contributed by atoms with Crippen LogP contribution in [0.15, 0.2) is 48.5 Å². The van der Waals surface area contributed by atoms with Gasteiger partial charge < -0.3 is 19.3 Å². The van der Waals surface area contributed by atoms with Gasteiger partial charge in [0.2, 0.25) is 5.91 Å². The van der Waals surface area contributed by atoms with E-state index in [2.05, 4.69) is 44.2 Å². The minimum absolute atomic E-state index is 0.149. The van der Waals surface area contributed by atoms with Gasteiger partial charge in [0.25, 0.3) is 0 Å². The fourth-order valence-corrected chi connectivity index (χ4v) is 5.90. The zero-order chi connectivity index (χ0) is 23.8. The summed E-state index contributed by atoms with van der Waals surface area (Å²) < 4.78 is 11.6. The Morgan fingerprint density at radius 2 is 1.68 bits per heavy atom. The Hall–Kier alpha value is -2.86. The molecule has 34 heavy (non-hydrogen) atoms. The van der Waals surface area contributed by atoms with E-state index in [9.17, 15) is 9.59 Å². The number of carbonyl (C=O) groups excluding carboxylic acids is 2. The molecule has 3 saturated heterocycles. The first-order chi connectivity index (χ1) is 16.4. The molecule has 0 N–H and O–H groups in total. The van der Waals surface area contributed by atoms with Gasteiger partial charge in [0.1, 0.15) is 0 Å². The van der Waals surface area contributed by atoms with E-state index in [0.29, 0.717) is 58.7 Å². The molecule has 5 rings (SSSR count). The van der Waals surface area contributed by atoms with E-state index in [4.69, 9.17) is 9.47 Å². The molecule has 1 spiro atoms. The molecular weight excluding hydrogens is 428 g/mol. The molecule has 2 aromatic rings. The van der Waals surface area contributed by atoms with Gasteiger partial charge in [0.15, 0.2) is 5.60 Å². The summed E-state index contributed by atoms with van der Waals surface area (Å²) in [6.45, 7) is 7.59. The third kappa shape index (κ3) is 4.31. The van der Waals surface area contributed by atoms with Crippen LogP contribution < -0.4 is 0 Å². The minimum atomic E-state index is -0.599. The first-order valence-electron chi connectivity index (χ1n) is 12.4. The Morgan fingerprint density at radius 1 is 0.971 bits per heavy atom. The van der Waals surface area contributed by atoms with Crippen molar-refractivity contribution in [2.24, 2.45) is 0 Å². The number of likely N-dealkylation sites (tertiary alicyclic amines) is 1. The van der Waals surface area contributed by atoms with E-state index in [0.717, 1.165) is 12.0 Å². The highest BCUT2D eigenvalue weighted by Gasteiger charge is 2.53. The Balaban J connectivity index is 1.31. The standard InChI is InChI=1S/C28H34N2O4/c1-21-16-22(2)18-24(17-21)28(10-14-33-15-11-28)25(31)29-13-9-27(19-29)20-30(26(32)34-27)12-8-23-6-4-3-5-7-23/h3-7,16-18H,8-15,19-20H2,1-2H3/t27-/m1/s1. The van der Waals surface area contributed by atoms with Crippen molar-refractivity contribution in [2.45, 2.75) is 50.5 Å². The van der Waals surface area contributed by atoms with Crippen molar-refractivity contribution >= 4 is 12.0 Å². The van der Waals surface area contributed by atoms with Crippen molar-refractivity contribution in [1.82, 2.24) is 9.80 Å². The highest BCUT2D eigenvalue weighted by atomic mass is 16.6. The van der Waals surface area contributed by atoms with Gasteiger partial charge in [-0.15, -0.1) is 0 Å². The molecule has 1 atom stereocenters. The van der Waals surface area contributed by atoms with Gasteiger partial charge in [-0.25, -0.2) is 4.79 Å². The van der Waals surface area contributed by atoms with E-state index in [-0.39, 0.29) is 12.0 Å². The summed E-state index contributed by atoms with van der Waals surface area (Å²) in [5, 5.41) is 0. The number of benzene rings is 2. The van der Waals surface area contributed by atoms with Crippen molar-refractivity contribution in [2.75, 3.05) is 39.4 Å². The lowest BCUT2D eigenvalue weighted by Crippen LogP contribution is -2.50. The van der Waals surface area contributed by atoms with Crippen LogP contribution in [0.1, 0.15) is 41.5 Å². The molecule has 6 nitrogen and oxygen atoms in total. The van der Waals surface area contributed by atoms with Crippen LogP contribution in [0, 0.1) is 13.8 Å². The minimum Gasteiger partial charge on any atom is -0.439 e. The van der Waals surface area contributed by atoms with Crippen molar-refractivity contribution < 1.29 is 19.1 Å². The predicted octanol–water partition coefficient (Wildman–Crippen LogP) is 4.02. The van der Waals surface area contributed by atoms with Crippen molar-refractivity contribution in [3.05, 3.63) is 70.8 Å². The van der Waals surface area contributed by atoms with Crippen molar-refractivity contribution in [3.63, 3.8) is 0 Å². The number of rotatable bonds is 5. The normalized spacial score (nSPS) is 24.0. The lowest BCUT2D eigenvalue weighted by molar-refractivity contribution is -0.141. The van der Waals surface area contributed by atoms with Crippen LogP contribution in [0.4, 0.5) is 4.79 Å². The van der Waals surface area contributed by atoms with Crippen LogP contribution in [0.3, 0.4) is 0 Å². The molecule has 3 aliphatic heterocycles. The second kappa shape index (κ2) is 9.06. The molecule has 0 saturated carbocycles. The molecule has 3 heterocycles. The van der Waals surface area contributed by atoms with Gasteiger partial charge in [-0.3, -0.25) is 4.79 Å². The molecule has 0 aromatic heterocycles. The third-order valence-electron chi connectivity index (χ3n) is 7.69. The molecule has 2 aromatic carbocycles. The zero-order valence-electron chi connectivity index (χ0n) is 20.2. The van der Waals surface area contributed by atoms with E-state index in [1.807, 2.05) is 23.1 Å². The molecule has 180 valence electrons. The Labute approximate surface area is 201 Å². The summed E-state index contributed by atoms with van der Waals surface area (Å²) in [5.41, 5.74) is 3.46. The molecule has 2 amide bonds. The maximum absolute atomic E-state index is 14.1. The predicted molar refractivity (Wildman–Crippen MR) is 130 cm³/mol. The summed E-state index contributed by atoms with van der Waals surface area (Å²) >= 11 is 0. The van der Waals surface area contributed by atoms with Crippen LogP contribution in [-0.4, -0.2) is 66.8 Å². The number of hydrogen-bond donors (Lipinski definition) is 0. The van der Waals surface area contributed by atoms with Crippen LogP contribution in [0.2, 0.25) is 0 Å². The van der Waals surface area contributed by atoms with Crippen molar-refractivity contribution in [3.8, 4) is 0 Å². The second-order valence-electron chi connectivity index (χ2n) is 10.3. The van der Waals surface area contributed by atoms with Crippen LogP contribution in [0.25, 0.3) is 0 Å². The lowest BCUT2D eigenvalue weighted by atomic mass is 9.72. The van der Waals surface area contributed by atoms with Crippen LogP contribution >= 0.6 is 0 Å². The van der Waals surface area contributed by atoms with Crippen molar-refractivity contribution in [1.29, 1.82) is 0 Å². The van der Waals surface area contributed by atoms with E-state index in [1.54, 1.807) is 4.90 Å². The average Bonchev–Trinajstić information content (AvgIpc) is 3.39. The number of amides is 2. The first-order valence-corrected chi connectivity index (χ1v) is 12.4. The molecule has 0 bridgehead atoms. The fourth-order valence-electron chi connectivity index (χ4n) is 5.90. The maximum atomic E-state index is 14.1. The Kier molecular flexibility index (Phi) is 6.11. The summed E-state index contributed by atoms with van der Waals surface area (Å²) in [6, 6.07) is 16.6. The lowest BCUT2D eigenvalue weighted by Gasteiger charge is -2.39. The smallest absolute Gasteiger partial charge is 0.410 e. The van der Waals surface area contributed by atoms with Gasteiger partial charge in [0, 0.05) is 32.7 Å². The van der Waals surface area contributed by atoms with Gasteiger partial charge in [-0.1, -0.05) is 59.7 Å². The molecular formula is C28H34N2O4. The molecule has 0 unspecified atom stereocenters. The SMILES string of the molecule is Cc1cc(C)cc(C2(C(=O)N3CC[C@]4(CN(CCc5ccccc5)C(=O)O4)C3)CCOCC2)c1. The van der Waals surface area contributed by atoms with E-state index in [1.165, 1.54) is 16.7 Å². The monoisotopic (exact) mass is 462 g/mol. The summed E-state index contributed by atoms with van der Waals surface area (Å²) in [7, 11) is 0. The topological polar surface area (TPSA) is 59.1 Å². The number of ether oxygens (including phenoxy) is 2. The van der Waals surface area contributed by atoms with Gasteiger partial charge in [-0.05, 0) is 44.2 Å². The largest absolute Gasteiger partial charge is 0.439 e. The van der Waals surface area contributed by atoms with Crippen LogP contribution in [0.5, 0.6) is 0 Å². The van der Waals surface area contributed by atoms with E-state index < -0.39 is 11.0 Å². The Morgan fingerprint density at radius 3 is 2.38 bits per heavy atom. The number of nitrogens with zero attached hydrogens (tertiary/aromatic N) is 2. The van der Waals surface area contributed by atoms with Gasteiger partial charge in [0.05, 0.1) is 18.5 Å². The molecule has 3 aliphatic rings. The number of hydrogen-bond acceptors (Lipinski definition) is 4. The highest BCUT2D eigenvalue weighted by Crippen LogP contribution is 2.41. The molecule has 3 fully saturated rings. The fraction of sp³-hybridized carbons (Fsp3) is 0.500. The number of carbonyl (C=O) groups is 2. The van der Waals surface area contributed by atoms with Crippen LogP contribution in [-0.2, 0) is 26.1 Å². The molecule has 0 radical (unpaired) electrons. The third-order valence-corrected chi connectivity index (χ3v) is 7.69. The average molecular weight is 463 g/mol. The highest BCUT2D eigenvalue weighted by molar-refractivity contribution is 5.89. The van der Waals surface area contributed by atoms with Gasteiger partial charge >= 0.3 is 6.09 Å². The van der Waals surface area contributed by atoms with E-state index >= 15 is 0 Å². The maximum Gasteiger partial charge on any atom is 0.410 e. The quantitative estimate of drug-likeness (QED) is 0.674. The van der Waals surface area contributed by atoms with Gasteiger partial charge in [-0.2, -0.15) is 0 Å². The second-order valence-corrected chi connectivity index (χ2v) is 10.3. The summed E-state index contributed by atoms with van der Waals surface area (Å²) in [6.07, 6.45) is 2.58. The first kappa shape index (κ1) is 22.9. The Bertz CT molecular complexity index is 1040. The number of aryl methyl sites for hydroxylation is 2. The molecule has 6 heteroatoms. The zero-order valence-corrected chi connectivity index (χ0v) is 20.2. The molecule has 0 aliphatic carbocycles. The summed E-state index contributed by atoms with van der Waals surface area (Å²) in [4.78, 5) is 30.5.